The molecule has 0 radical (unpaired) electrons. The quantitative estimate of drug-likeness (QED) is 0.829. The molecule has 1 aromatic rings. The molecule has 1 aliphatic carbocycles. The van der Waals surface area contributed by atoms with Gasteiger partial charge in [0.25, 0.3) is 0 Å². The topological polar surface area (TPSA) is 44.7 Å². The van der Waals surface area contributed by atoms with Crippen LogP contribution in [-0.2, 0) is 6.42 Å². The molecule has 0 fully saturated rings. The van der Waals surface area contributed by atoms with Crippen LogP contribution in [0.4, 0.5) is 0 Å². The summed E-state index contributed by atoms with van der Waals surface area (Å²) in [4.78, 5) is 2.01. The SMILES string of the molecule is COc1ccc2c(c1)CCCC2NCC(O)CN(C)C. The van der Waals surface area contributed by atoms with Crippen molar-refractivity contribution in [1.29, 1.82) is 0 Å². The minimum absolute atomic E-state index is 0.325. The largest absolute Gasteiger partial charge is 0.497 e. The number of aliphatic hydroxyl groups is 1. The van der Waals surface area contributed by atoms with Crippen LogP contribution in [0.25, 0.3) is 0 Å². The van der Waals surface area contributed by atoms with Gasteiger partial charge in [-0.15, -0.1) is 0 Å². The summed E-state index contributed by atoms with van der Waals surface area (Å²) in [5.74, 6) is 0.928. The molecule has 2 rings (SSSR count). The van der Waals surface area contributed by atoms with Crippen molar-refractivity contribution in [3.05, 3.63) is 29.3 Å². The molecule has 0 aliphatic heterocycles. The predicted octanol–water partition coefficient (Wildman–Crippen LogP) is 1.58. The standard InChI is InChI=1S/C16H26N2O2/c1-18(2)11-13(19)10-17-16-6-4-5-12-9-14(20-3)7-8-15(12)16/h7-9,13,16-17,19H,4-6,10-11H2,1-3H3. The zero-order valence-electron chi connectivity index (χ0n) is 12.7. The lowest BCUT2D eigenvalue weighted by Gasteiger charge is -2.28. The molecule has 0 heterocycles. The highest BCUT2D eigenvalue weighted by Crippen LogP contribution is 2.32. The molecule has 0 bridgehead atoms. The van der Waals surface area contributed by atoms with Crippen molar-refractivity contribution in [3.63, 3.8) is 0 Å². The number of rotatable bonds is 6. The number of aliphatic hydroxyl groups excluding tert-OH is 1. The van der Waals surface area contributed by atoms with Crippen LogP contribution in [-0.4, -0.2) is 50.4 Å². The molecule has 2 N–H and O–H groups in total. The van der Waals surface area contributed by atoms with E-state index in [4.69, 9.17) is 4.74 Å². The molecule has 0 saturated carbocycles. The molecule has 1 aliphatic rings. The van der Waals surface area contributed by atoms with Gasteiger partial charge in [-0.05, 0) is 56.6 Å². The second-order valence-electron chi connectivity index (χ2n) is 5.83. The number of methoxy groups -OCH3 is 1. The maximum atomic E-state index is 9.96. The molecule has 4 heteroatoms. The van der Waals surface area contributed by atoms with Gasteiger partial charge in [0.15, 0.2) is 0 Å². The van der Waals surface area contributed by atoms with Crippen LogP contribution in [0.5, 0.6) is 5.75 Å². The summed E-state index contributed by atoms with van der Waals surface area (Å²) in [6.45, 7) is 1.32. The van der Waals surface area contributed by atoms with E-state index in [1.807, 2.05) is 25.1 Å². The fraction of sp³-hybridized carbons (Fsp3) is 0.625. The van der Waals surface area contributed by atoms with Crippen molar-refractivity contribution in [1.82, 2.24) is 10.2 Å². The Morgan fingerprint density at radius 2 is 2.25 bits per heavy atom. The fourth-order valence-corrected chi connectivity index (χ4v) is 2.89. The predicted molar refractivity (Wildman–Crippen MR) is 81.2 cm³/mol. The lowest BCUT2D eigenvalue weighted by atomic mass is 9.87. The summed E-state index contributed by atoms with van der Waals surface area (Å²) < 4.78 is 5.29. The van der Waals surface area contributed by atoms with Crippen LogP contribution in [0.3, 0.4) is 0 Å². The summed E-state index contributed by atoms with van der Waals surface area (Å²) >= 11 is 0. The van der Waals surface area contributed by atoms with Crippen LogP contribution in [0, 0.1) is 0 Å². The third kappa shape index (κ3) is 3.95. The first-order valence-corrected chi connectivity index (χ1v) is 7.33. The summed E-state index contributed by atoms with van der Waals surface area (Å²) in [5.41, 5.74) is 2.73. The van der Waals surface area contributed by atoms with E-state index in [1.165, 1.54) is 17.5 Å². The van der Waals surface area contributed by atoms with Gasteiger partial charge in [0, 0.05) is 19.1 Å². The lowest BCUT2D eigenvalue weighted by Crippen LogP contribution is -2.37. The summed E-state index contributed by atoms with van der Waals surface area (Å²) in [5, 5.41) is 13.5. The first-order chi connectivity index (χ1) is 9.60. The van der Waals surface area contributed by atoms with Gasteiger partial charge < -0.3 is 20.1 Å². The van der Waals surface area contributed by atoms with Crippen molar-refractivity contribution >= 4 is 0 Å². The molecular formula is C16H26N2O2. The van der Waals surface area contributed by atoms with E-state index in [9.17, 15) is 5.11 Å². The van der Waals surface area contributed by atoms with Gasteiger partial charge in [0.2, 0.25) is 0 Å². The van der Waals surface area contributed by atoms with Gasteiger partial charge >= 0.3 is 0 Å². The molecule has 2 atom stereocenters. The Balaban J connectivity index is 1.98. The van der Waals surface area contributed by atoms with Crippen LogP contribution in [0.15, 0.2) is 18.2 Å². The third-order valence-electron chi connectivity index (χ3n) is 3.84. The van der Waals surface area contributed by atoms with E-state index in [-0.39, 0.29) is 6.10 Å². The second kappa shape index (κ2) is 7.07. The van der Waals surface area contributed by atoms with Gasteiger partial charge in [-0.25, -0.2) is 0 Å². The van der Waals surface area contributed by atoms with Gasteiger partial charge in [-0.2, -0.15) is 0 Å². The van der Waals surface area contributed by atoms with E-state index >= 15 is 0 Å². The van der Waals surface area contributed by atoms with E-state index in [2.05, 4.69) is 17.4 Å². The number of benzene rings is 1. The normalized spacial score (nSPS) is 19.8. The highest BCUT2D eigenvalue weighted by Gasteiger charge is 2.21. The van der Waals surface area contributed by atoms with Crippen LogP contribution < -0.4 is 10.1 Å². The highest BCUT2D eigenvalue weighted by atomic mass is 16.5. The van der Waals surface area contributed by atoms with Crippen molar-refractivity contribution in [2.24, 2.45) is 0 Å². The number of nitrogens with one attached hydrogen (secondary N) is 1. The Labute approximate surface area is 121 Å². The molecule has 0 saturated heterocycles. The first-order valence-electron chi connectivity index (χ1n) is 7.33. The van der Waals surface area contributed by atoms with E-state index in [0.717, 1.165) is 18.6 Å². The Hall–Kier alpha value is -1.10. The smallest absolute Gasteiger partial charge is 0.119 e. The molecule has 0 amide bonds. The molecule has 0 aromatic heterocycles. The maximum absolute atomic E-state index is 9.96. The molecular weight excluding hydrogens is 252 g/mol. The minimum atomic E-state index is -0.325. The summed E-state index contributed by atoms with van der Waals surface area (Å²) in [6, 6.07) is 6.67. The molecule has 112 valence electrons. The van der Waals surface area contributed by atoms with Crippen molar-refractivity contribution < 1.29 is 9.84 Å². The number of fused-ring (bicyclic) bond motifs is 1. The second-order valence-corrected chi connectivity index (χ2v) is 5.83. The number of hydrogen-bond donors (Lipinski definition) is 2. The maximum Gasteiger partial charge on any atom is 0.119 e. The summed E-state index contributed by atoms with van der Waals surface area (Å²) in [6.07, 6.45) is 3.11. The van der Waals surface area contributed by atoms with Crippen molar-refractivity contribution in [3.8, 4) is 5.75 Å². The number of hydrogen-bond acceptors (Lipinski definition) is 4. The fourth-order valence-electron chi connectivity index (χ4n) is 2.89. The molecule has 0 spiro atoms. The zero-order chi connectivity index (χ0) is 14.5. The molecule has 4 nitrogen and oxygen atoms in total. The Kier molecular flexibility index (Phi) is 5.40. The van der Waals surface area contributed by atoms with Gasteiger partial charge in [-0.1, -0.05) is 6.07 Å². The Morgan fingerprint density at radius 1 is 1.45 bits per heavy atom. The first kappa shape index (κ1) is 15.3. The van der Waals surface area contributed by atoms with Crippen LogP contribution in [0.1, 0.15) is 30.0 Å². The highest BCUT2D eigenvalue weighted by molar-refractivity contribution is 5.39. The minimum Gasteiger partial charge on any atom is -0.497 e. The van der Waals surface area contributed by atoms with Gasteiger partial charge in [0.05, 0.1) is 13.2 Å². The van der Waals surface area contributed by atoms with Gasteiger partial charge in [0.1, 0.15) is 5.75 Å². The monoisotopic (exact) mass is 278 g/mol. The van der Waals surface area contributed by atoms with Gasteiger partial charge in [-0.3, -0.25) is 0 Å². The Morgan fingerprint density at radius 3 is 2.95 bits per heavy atom. The average Bonchev–Trinajstić information content (AvgIpc) is 2.43. The number of ether oxygens (including phenoxy) is 1. The average molecular weight is 278 g/mol. The van der Waals surface area contributed by atoms with Crippen LogP contribution >= 0.6 is 0 Å². The molecule has 2 unspecified atom stereocenters. The lowest BCUT2D eigenvalue weighted by molar-refractivity contribution is 0.130. The Bertz CT molecular complexity index is 434. The zero-order valence-corrected chi connectivity index (χ0v) is 12.7. The van der Waals surface area contributed by atoms with E-state index in [0.29, 0.717) is 19.1 Å². The van der Waals surface area contributed by atoms with Crippen LogP contribution in [0.2, 0.25) is 0 Å². The number of likely N-dealkylation sites (N-methyl/N-ethyl adjacent to an activating group) is 1. The summed E-state index contributed by atoms with van der Waals surface area (Å²) in [7, 11) is 5.66. The van der Waals surface area contributed by atoms with E-state index in [1.54, 1.807) is 7.11 Å². The van der Waals surface area contributed by atoms with Crippen molar-refractivity contribution in [2.45, 2.75) is 31.4 Å². The molecule has 1 aromatic carbocycles. The van der Waals surface area contributed by atoms with E-state index < -0.39 is 0 Å². The molecule has 20 heavy (non-hydrogen) atoms. The number of nitrogens with zero attached hydrogens (tertiary/aromatic N) is 1. The third-order valence-corrected chi connectivity index (χ3v) is 3.84. The number of aryl methyl sites for hydroxylation is 1. The van der Waals surface area contributed by atoms with Crippen molar-refractivity contribution in [2.75, 3.05) is 34.3 Å².